The van der Waals surface area contributed by atoms with E-state index in [0.29, 0.717) is 19.3 Å². The van der Waals surface area contributed by atoms with Crippen LogP contribution in [0.4, 0.5) is 4.79 Å². The molecular weight excluding hydrogens is 556 g/mol. The van der Waals surface area contributed by atoms with Gasteiger partial charge in [0.1, 0.15) is 23.7 Å². The molecule has 0 amide bonds. The number of rotatable bonds is 13. The summed E-state index contributed by atoms with van der Waals surface area (Å²) in [6.07, 6.45) is -1.11. The number of esters is 3. The van der Waals surface area contributed by atoms with E-state index >= 15 is 0 Å². The van der Waals surface area contributed by atoms with Crippen molar-refractivity contribution in [3.8, 4) is 11.5 Å². The molecule has 0 bridgehead atoms. The lowest BCUT2D eigenvalue weighted by Crippen LogP contribution is -2.35. The first-order valence-corrected chi connectivity index (χ1v) is 13.0. The molecular formula is C29H28O13. The van der Waals surface area contributed by atoms with Crippen LogP contribution < -0.4 is 9.47 Å². The van der Waals surface area contributed by atoms with Crippen molar-refractivity contribution in [3.63, 3.8) is 0 Å². The highest BCUT2D eigenvalue weighted by atomic mass is 16.7. The fourth-order valence-corrected chi connectivity index (χ4v) is 4.12. The van der Waals surface area contributed by atoms with Crippen LogP contribution in [-0.2, 0) is 38.0 Å². The first kappa shape index (κ1) is 30.2. The van der Waals surface area contributed by atoms with E-state index in [2.05, 4.69) is 6.58 Å². The van der Waals surface area contributed by atoms with E-state index in [0.717, 1.165) is 6.08 Å². The van der Waals surface area contributed by atoms with Crippen molar-refractivity contribution in [2.75, 3.05) is 26.4 Å². The summed E-state index contributed by atoms with van der Waals surface area (Å²) in [6, 6.07) is 11.4. The van der Waals surface area contributed by atoms with E-state index in [1.807, 2.05) is 0 Å². The summed E-state index contributed by atoms with van der Waals surface area (Å²) in [7, 11) is 0. The summed E-state index contributed by atoms with van der Waals surface area (Å²) < 4.78 is 41.8. The van der Waals surface area contributed by atoms with Gasteiger partial charge in [0.2, 0.25) is 0 Å². The molecule has 0 aromatic heterocycles. The number of hydrogen-bond acceptors (Lipinski definition) is 13. The molecule has 13 nitrogen and oxygen atoms in total. The molecule has 2 aliphatic rings. The Hall–Kier alpha value is -4.75. The van der Waals surface area contributed by atoms with Gasteiger partial charge in [-0.05, 0) is 61.4 Å². The highest BCUT2D eigenvalue weighted by Gasteiger charge is 2.50. The Balaban J connectivity index is 1.18. The first-order chi connectivity index (χ1) is 20.4. The molecule has 2 saturated heterocycles. The standard InChI is InChI=1S/C29H28O13/c1-2-24(31)35-13-3-4-14-36-29(34)41-21-11-7-18(8-12-21)27(32)40-20-9-5-19(6-10-20)28(33)42-23-16-38-25-22(39-17-30)15-37-26(23)25/h2,5-12,17,22-23,25-26H,1,3-4,13-16H2. The molecule has 0 saturated carbocycles. The minimum atomic E-state index is -0.917. The number of fused-ring (bicyclic) bond motifs is 1. The van der Waals surface area contributed by atoms with Gasteiger partial charge >= 0.3 is 24.1 Å². The number of carbonyl (C=O) groups is 5. The van der Waals surface area contributed by atoms with Gasteiger partial charge in [-0.1, -0.05) is 6.58 Å². The molecule has 222 valence electrons. The highest BCUT2D eigenvalue weighted by molar-refractivity contribution is 5.92. The summed E-state index contributed by atoms with van der Waals surface area (Å²) in [4.78, 5) is 58.5. The minimum Gasteiger partial charge on any atom is -0.463 e. The summed E-state index contributed by atoms with van der Waals surface area (Å²) in [5.41, 5.74) is 0.416. The predicted octanol–water partition coefficient (Wildman–Crippen LogP) is 2.80. The fraction of sp³-hybridized carbons (Fsp3) is 0.345. The Bertz CT molecular complexity index is 1270. The second-order valence-corrected chi connectivity index (χ2v) is 9.03. The SMILES string of the molecule is C=CC(=O)OCCCCOC(=O)Oc1ccc(C(=O)Oc2ccc(C(=O)OC3COC4C(OC=O)COC34)cc2)cc1. The normalized spacial score (nSPS) is 20.5. The zero-order valence-electron chi connectivity index (χ0n) is 22.3. The molecule has 4 rings (SSSR count). The third-order valence-electron chi connectivity index (χ3n) is 6.21. The third kappa shape index (κ3) is 8.15. The molecule has 4 unspecified atom stereocenters. The minimum absolute atomic E-state index is 0.0775. The molecule has 2 heterocycles. The predicted molar refractivity (Wildman–Crippen MR) is 140 cm³/mol. The van der Waals surface area contributed by atoms with E-state index in [1.54, 1.807) is 0 Å². The van der Waals surface area contributed by atoms with Crippen LogP contribution in [0.15, 0.2) is 61.2 Å². The van der Waals surface area contributed by atoms with Gasteiger partial charge in [-0.15, -0.1) is 0 Å². The zero-order valence-corrected chi connectivity index (χ0v) is 22.3. The van der Waals surface area contributed by atoms with Crippen LogP contribution in [0.1, 0.15) is 33.6 Å². The Morgan fingerprint density at radius 1 is 0.762 bits per heavy atom. The molecule has 2 aromatic carbocycles. The maximum Gasteiger partial charge on any atom is 0.513 e. The molecule has 2 aliphatic heterocycles. The average Bonchev–Trinajstić information content (AvgIpc) is 3.58. The van der Waals surface area contributed by atoms with Gasteiger partial charge < -0.3 is 37.9 Å². The molecule has 2 fully saturated rings. The van der Waals surface area contributed by atoms with Crippen LogP contribution >= 0.6 is 0 Å². The molecule has 42 heavy (non-hydrogen) atoms. The lowest BCUT2D eigenvalue weighted by Gasteiger charge is -2.16. The number of ether oxygens (including phenoxy) is 8. The van der Waals surface area contributed by atoms with Crippen molar-refractivity contribution in [1.29, 1.82) is 0 Å². The van der Waals surface area contributed by atoms with E-state index < -0.39 is 48.5 Å². The average molecular weight is 585 g/mol. The molecule has 0 N–H and O–H groups in total. The topological polar surface area (TPSA) is 159 Å². The fourth-order valence-electron chi connectivity index (χ4n) is 4.12. The van der Waals surface area contributed by atoms with Gasteiger partial charge in [-0.3, -0.25) is 4.79 Å². The maximum atomic E-state index is 12.6. The van der Waals surface area contributed by atoms with Gasteiger partial charge in [-0.2, -0.15) is 0 Å². The Morgan fingerprint density at radius 3 is 1.93 bits per heavy atom. The number of unbranched alkanes of at least 4 members (excludes halogenated alkanes) is 1. The zero-order chi connectivity index (χ0) is 29.9. The Morgan fingerprint density at radius 2 is 1.31 bits per heavy atom. The molecule has 0 radical (unpaired) electrons. The van der Waals surface area contributed by atoms with Crippen molar-refractivity contribution in [1.82, 2.24) is 0 Å². The quantitative estimate of drug-likeness (QED) is 0.0644. The largest absolute Gasteiger partial charge is 0.513 e. The van der Waals surface area contributed by atoms with Crippen molar-refractivity contribution < 1.29 is 61.9 Å². The maximum absolute atomic E-state index is 12.6. The summed E-state index contributed by atoms with van der Waals surface area (Å²) in [5, 5.41) is 0. The van der Waals surface area contributed by atoms with Crippen LogP contribution in [0.5, 0.6) is 11.5 Å². The first-order valence-electron chi connectivity index (χ1n) is 13.0. The monoisotopic (exact) mass is 584 g/mol. The van der Waals surface area contributed by atoms with E-state index in [-0.39, 0.29) is 49.1 Å². The summed E-state index contributed by atoms with van der Waals surface area (Å²) >= 11 is 0. The number of hydrogen-bond donors (Lipinski definition) is 0. The van der Waals surface area contributed by atoms with Crippen molar-refractivity contribution in [2.24, 2.45) is 0 Å². The van der Waals surface area contributed by atoms with Crippen LogP contribution in [0.25, 0.3) is 0 Å². The van der Waals surface area contributed by atoms with Crippen LogP contribution in [0.2, 0.25) is 0 Å². The smallest absolute Gasteiger partial charge is 0.463 e. The third-order valence-corrected chi connectivity index (χ3v) is 6.21. The number of benzene rings is 2. The van der Waals surface area contributed by atoms with Gasteiger partial charge in [-0.25, -0.2) is 19.2 Å². The highest BCUT2D eigenvalue weighted by Crippen LogP contribution is 2.31. The van der Waals surface area contributed by atoms with Crippen molar-refractivity contribution >= 4 is 30.5 Å². The Labute approximate surface area is 240 Å². The molecule has 0 spiro atoms. The molecule has 4 atom stereocenters. The van der Waals surface area contributed by atoms with Crippen LogP contribution in [0.3, 0.4) is 0 Å². The summed E-state index contributed by atoms with van der Waals surface area (Å²) in [5.74, 6) is -1.45. The second kappa shape index (κ2) is 14.8. The Kier molecular flexibility index (Phi) is 10.6. The number of carbonyl (C=O) groups excluding carboxylic acids is 5. The van der Waals surface area contributed by atoms with E-state index in [9.17, 15) is 24.0 Å². The molecule has 13 heteroatoms. The van der Waals surface area contributed by atoms with Crippen LogP contribution in [0, 0.1) is 0 Å². The van der Waals surface area contributed by atoms with Gasteiger partial charge in [0, 0.05) is 6.08 Å². The lowest BCUT2D eigenvalue weighted by atomic mass is 10.1. The lowest BCUT2D eigenvalue weighted by molar-refractivity contribution is -0.138. The van der Waals surface area contributed by atoms with Crippen molar-refractivity contribution in [2.45, 2.75) is 37.3 Å². The molecule has 0 aliphatic carbocycles. The van der Waals surface area contributed by atoms with Gasteiger partial charge in [0.15, 0.2) is 12.2 Å². The van der Waals surface area contributed by atoms with E-state index in [4.69, 9.17) is 37.9 Å². The van der Waals surface area contributed by atoms with Gasteiger partial charge in [0.05, 0.1) is 37.6 Å². The van der Waals surface area contributed by atoms with Crippen LogP contribution in [-0.4, -0.2) is 81.4 Å². The summed E-state index contributed by atoms with van der Waals surface area (Å²) in [6.45, 7) is 4.15. The second-order valence-electron chi connectivity index (χ2n) is 9.03. The van der Waals surface area contributed by atoms with E-state index in [1.165, 1.54) is 48.5 Å². The van der Waals surface area contributed by atoms with Gasteiger partial charge in [0.25, 0.3) is 6.47 Å². The van der Waals surface area contributed by atoms with Crippen molar-refractivity contribution in [3.05, 3.63) is 72.3 Å². The molecule has 2 aromatic rings.